The molecule has 106 valence electrons. The molecular formula is C12H22BrNO3S. The third-order valence-electron chi connectivity index (χ3n) is 3.72. The van der Waals surface area contributed by atoms with Gasteiger partial charge >= 0.3 is 0 Å². The molecule has 0 radical (unpaired) electrons. The van der Waals surface area contributed by atoms with Gasteiger partial charge in [0.2, 0.25) is 5.91 Å². The Morgan fingerprint density at radius 1 is 1.22 bits per heavy atom. The van der Waals surface area contributed by atoms with Crippen LogP contribution in [0.4, 0.5) is 0 Å². The molecule has 0 aromatic rings. The van der Waals surface area contributed by atoms with Crippen molar-refractivity contribution in [2.24, 2.45) is 0 Å². The Morgan fingerprint density at radius 2 is 1.78 bits per heavy atom. The third-order valence-corrected chi connectivity index (χ3v) is 6.86. The van der Waals surface area contributed by atoms with Gasteiger partial charge in [0.05, 0.1) is 0 Å². The first-order chi connectivity index (χ1) is 8.16. The molecule has 4 nitrogen and oxygen atoms in total. The zero-order valence-electron chi connectivity index (χ0n) is 11.2. The second kappa shape index (κ2) is 5.90. The van der Waals surface area contributed by atoms with Gasteiger partial charge in [0.25, 0.3) is 0 Å². The summed E-state index contributed by atoms with van der Waals surface area (Å²) in [5.41, 5.74) is 0. The molecule has 0 heterocycles. The van der Waals surface area contributed by atoms with Crippen LogP contribution in [-0.4, -0.2) is 36.2 Å². The number of hydrogen-bond donors (Lipinski definition) is 1. The summed E-state index contributed by atoms with van der Waals surface area (Å²) in [6, 6.07) is 0.0287. The van der Waals surface area contributed by atoms with Gasteiger partial charge < -0.3 is 5.32 Å². The maximum atomic E-state index is 12.1. The molecular weight excluding hydrogens is 318 g/mol. The molecule has 0 aliphatic heterocycles. The van der Waals surface area contributed by atoms with Crippen molar-refractivity contribution in [3.63, 3.8) is 0 Å². The van der Waals surface area contributed by atoms with E-state index in [0.717, 1.165) is 31.9 Å². The fourth-order valence-electron chi connectivity index (χ4n) is 1.94. The van der Waals surface area contributed by atoms with Crippen LogP contribution in [0.5, 0.6) is 0 Å². The topological polar surface area (TPSA) is 63.2 Å². The monoisotopic (exact) mass is 339 g/mol. The number of halogens is 1. The Kier molecular flexibility index (Phi) is 5.23. The molecule has 1 amide bonds. The van der Waals surface area contributed by atoms with Crippen LogP contribution in [0.1, 0.15) is 46.0 Å². The normalized spacial score (nSPS) is 26.4. The lowest BCUT2D eigenvalue weighted by Gasteiger charge is -2.27. The predicted octanol–water partition coefficient (Wildman–Crippen LogP) is 2.02. The highest BCUT2D eigenvalue weighted by Crippen LogP contribution is 2.25. The summed E-state index contributed by atoms with van der Waals surface area (Å²) in [5.74, 6) is -0.402. The van der Waals surface area contributed by atoms with E-state index in [1.54, 1.807) is 0 Å². The van der Waals surface area contributed by atoms with Crippen LogP contribution >= 0.6 is 15.9 Å². The number of alkyl halides is 1. The van der Waals surface area contributed by atoms with Gasteiger partial charge in [0.1, 0.15) is 4.75 Å². The smallest absolute Gasteiger partial charge is 0.241 e. The van der Waals surface area contributed by atoms with E-state index in [4.69, 9.17) is 0 Å². The van der Waals surface area contributed by atoms with Crippen LogP contribution in [0.15, 0.2) is 0 Å². The van der Waals surface area contributed by atoms with Gasteiger partial charge in [-0.15, -0.1) is 0 Å². The molecule has 1 fully saturated rings. The highest BCUT2D eigenvalue weighted by molar-refractivity contribution is 9.09. The van der Waals surface area contributed by atoms with Crippen molar-refractivity contribution in [1.82, 2.24) is 5.32 Å². The number of rotatable bonds is 3. The highest BCUT2D eigenvalue weighted by atomic mass is 79.9. The maximum absolute atomic E-state index is 12.1. The van der Waals surface area contributed by atoms with Gasteiger partial charge in [-0.05, 0) is 26.7 Å². The molecule has 0 aromatic heterocycles. The van der Waals surface area contributed by atoms with E-state index in [1.165, 1.54) is 20.3 Å². The minimum atomic E-state index is -3.41. The predicted molar refractivity (Wildman–Crippen MR) is 76.7 cm³/mol. The Hall–Kier alpha value is -0.100. The minimum absolute atomic E-state index is 0.0287. The molecule has 1 N–H and O–H groups in total. The molecule has 1 aliphatic rings. The molecule has 2 atom stereocenters. The summed E-state index contributed by atoms with van der Waals surface area (Å²) in [6.45, 7) is 2.91. The van der Waals surface area contributed by atoms with E-state index in [2.05, 4.69) is 21.2 Å². The van der Waals surface area contributed by atoms with Gasteiger partial charge in [0, 0.05) is 17.1 Å². The largest absolute Gasteiger partial charge is 0.351 e. The average molecular weight is 340 g/mol. The number of carbonyl (C=O) groups excluding carboxylic acids is 1. The van der Waals surface area contributed by atoms with Crippen molar-refractivity contribution in [3.8, 4) is 0 Å². The molecule has 6 heteroatoms. The van der Waals surface area contributed by atoms with Gasteiger partial charge in [-0.1, -0.05) is 35.2 Å². The van der Waals surface area contributed by atoms with Crippen LogP contribution in [0.25, 0.3) is 0 Å². The van der Waals surface area contributed by atoms with E-state index < -0.39 is 20.5 Å². The zero-order chi connectivity index (χ0) is 14.0. The summed E-state index contributed by atoms with van der Waals surface area (Å²) in [7, 11) is -3.41. The number of hydrogen-bond acceptors (Lipinski definition) is 3. The summed E-state index contributed by atoms with van der Waals surface area (Å²) in [6.07, 6.45) is 6.42. The fraction of sp³-hybridized carbons (Fsp3) is 0.917. The van der Waals surface area contributed by atoms with Crippen molar-refractivity contribution in [3.05, 3.63) is 0 Å². The van der Waals surface area contributed by atoms with E-state index in [-0.39, 0.29) is 10.9 Å². The third kappa shape index (κ3) is 3.70. The first-order valence-corrected chi connectivity index (χ1v) is 9.11. The van der Waals surface area contributed by atoms with Crippen LogP contribution in [0.3, 0.4) is 0 Å². The fourth-order valence-corrected chi connectivity index (χ4v) is 3.05. The number of carbonyl (C=O) groups is 1. The SMILES string of the molecule is CC(C)(C(=O)NC1CCCCCC1Br)S(C)(=O)=O. The lowest BCUT2D eigenvalue weighted by atomic mass is 10.1. The van der Waals surface area contributed by atoms with Crippen LogP contribution in [-0.2, 0) is 14.6 Å². The molecule has 1 rings (SSSR count). The van der Waals surface area contributed by atoms with Crippen molar-refractivity contribution in [2.45, 2.75) is 61.6 Å². The summed E-state index contributed by atoms with van der Waals surface area (Å²) in [4.78, 5) is 12.4. The zero-order valence-corrected chi connectivity index (χ0v) is 13.6. The first-order valence-electron chi connectivity index (χ1n) is 6.31. The van der Waals surface area contributed by atoms with Gasteiger partial charge in [-0.3, -0.25) is 4.79 Å². The van der Waals surface area contributed by atoms with Crippen LogP contribution < -0.4 is 5.32 Å². The Morgan fingerprint density at radius 3 is 2.33 bits per heavy atom. The van der Waals surface area contributed by atoms with Gasteiger partial charge in [0.15, 0.2) is 9.84 Å². The Balaban J connectivity index is 2.75. The van der Waals surface area contributed by atoms with E-state index >= 15 is 0 Å². The van der Waals surface area contributed by atoms with Gasteiger partial charge in [-0.25, -0.2) is 8.42 Å². The summed E-state index contributed by atoms with van der Waals surface area (Å²) in [5, 5.41) is 2.89. The minimum Gasteiger partial charge on any atom is -0.351 e. The van der Waals surface area contributed by atoms with E-state index in [9.17, 15) is 13.2 Å². The lowest BCUT2D eigenvalue weighted by molar-refractivity contribution is -0.123. The van der Waals surface area contributed by atoms with Crippen LogP contribution in [0, 0.1) is 0 Å². The molecule has 0 saturated heterocycles. The van der Waals surface area contributed by atoms with Crippen molar-refractivity contribution in [1.29, 1.82) is 0 Å². The average Bonchev–Trinajstić information content (AvgIpc) is 2.42. The standard InChI is InChI=1S/C12H22BrNO3S/c1-12(2,18(3,16)17)11(15)14-10-8-6-4-5-7-9(10)13/h9-10H,4-8H2,1-3H3,(H,14,15). The second-order valence-corrected chi connectivity index (χ2v) is 9.26. The van der Waals surface area contributed by atoms with Gasteiger partial charge in [-0.2, -0.15) is 0 Å². The molecule has 1 aliphatic carbocycles. The molecule has 2 unspecified atom stereocenters. The summed E-state index contributed by atoms with van der Waals surface area (Å²) >= 11 is 3.59. The van der Waals surface area contributed by atoms with Crippen LogP contribution in [0.2, 0.25) is 0 Å². The quantitative estimate of drug-likeness (QED) is 0.632. The highest BCUT2D eigenvalue weighted by Gasteiger charge is 2.40. The second-order valence-electron chi connectivity index (χ2n) is 5.52. The number of nitrogens with one attached hydrogen (secondary N) is 1. The van der Waals surface area contributed by atoms with E-state index in [0.29, 0.717) is 0 Å². The number of amides is 1. The lowest BCUT2D eigenvalue weighted by Crippen LogP contribution is -2.52. The molecule has 0 spiro atoms. The molecule has 1 saturated carbocycles. The molecule has 18 heavy (non-hydrogen) atoms. The maximum Gasteiger partial charge on any atom is 0.241 e. The van der Waals surface area contributed by atoms with E-state index in [1.807, 2.05) is 0 Å². The van der Waals surface area contributed by atoms with Crippen molar-refractivity contribution in [2.75, 3.05) is 6.26 Å². The Labute approximate surface area is 118 Å². The first kappa shape index (κ1) is 16.0. The number of sulfone groups is 1. The Bertz CT molecular complexity index is 406. The van der Waals surface area contributed by atoms with Crippen molar-refractivity contribution >= 4 is 31.7 Å². The van der Waals surface area contributed by atoms with Crippen molar-refractivity contribution < 1.29 is 13.2 Å². The summed E-state index contributed by atoms with van der Waals surface area (Å²) < 4.78 is 21.9. The molecule has 0 aromatic carbocycles. The molecule has 0 bridgehead atoms.